The van der Waals surface area contributed by atoms with Crippen molar-refractivity contribution in [3.8, 4) is 21.7 Å². The zero-order chi connectivity index (χ0) is 21.3. The molecule has 0 unspecified atom stereocenters. The lowest BCUT2D eigenvalue weighted by Crippen LogP contribution is -2.48. The molecule has 1 N–H and O–H groups in total. The van der Waals surface area contributed by atoms with E-state index in [1.54, 1.807) is 0 Å². The Morgan fingerprint density at radius 1 is 0.967 bits per heavy atom. The van der Waals surface area contributed by atoms with Crippen molar-refractivity contribution in [3.63, 3.8) is 0 Å². The van der Waals surface area contributed by atoms with Crippen molar-refractivity contribution >= 4 is 22.5 Å². The number of hydrogen-bond acceptors (Lipinski definition) is 5. The van der Waals surface area contributed by atoms with E-state index in [0.717, 1.165) is 59.3 Å². The van der Waals surface area contributed by atoms with E-state index in [1.807, 2.05) is 24.8 Å². The van der Waals surface area contributed by atoms with Crippen molar-refractivity contribution in [2.24, 2.45) is 0 Å². The number of nitrogens with zero attached hydrogens (tertiary/aromatic N) is 4. The number of anilines is 1. The summed E-state index contributed by atoms with van der Waals surface area (Å²) in [4.78, 5) is 27.3. The second-order valence-corrected chi connectivity index (χ2v) is 8.92. The summed E-state index contributed by atoms with van der Waals surface area (Å²) < 4.78 is 0. The van der Waals surface area contributed by atoms with E-state index in [4.69, 9.17) is 4.98 Å². The van der Waals surface area contributed by atoms with Gasteiger partial charge in [0.1, 0.15) is 0 Å². The van der Waals surface area contributed by atoms with Crippen molar-refractivity contribution in [2.75, 3.05) is 38.5 Å². The molecule has 156 valence electrons. The van der Waals surface area contributed by atoms with E-state index in [1.165, 1.54) is 16.9 Å². The highest BCUT2D eigenvalue weighted by atomic mass is 32.1. The number of carbonyl (C=O) groups is 1. The van der Waals surface area contributed by atoms with Gasteiger partial charge in [-0.2, -0.15) is 0 Å². The Bertz CT molecular complexity index is 1050. The SMILES string of the molecule is Cc1cccc(-c2nc(NC(=O)N3CCN(C)CC3)sc2-c2cc(C)nc(C)c2)c1. The summed E-state index contributed by atoms with van der Waals surface area (Å²) in [6.07, 6.45) is 0. The zero-order valence-electron chi connectivity index (χ0n) is 17.9. The standard InChI is InChI=1S/C23H27N5OS/c1-15-6-5-7-18(12-15)20-21(19-13-16(2)24-17(3)14-19)30-22(25-20)26-23(29)28-10-8-27(4)9-11-28/h5-7,12-14H,8-11H2,1-4H3,(H,25,26,29). The maximum atomic E-state index is 12.8. The Kier molecular flexibility index (Phi) is 5.83. The van der Waals surface area contributed by atoms with Gasteiger partial charge in [-0.1, -0.05) is 35.1 Å². The molecule has 2 aromatic heterocycles. The molecule has 0 saturated carbocycles. The van der Waals surface area contributed by atoms with Gasteiger partial charge in [-0.05, 0) is 51.6 Å². The lowest BCUT2D eigenvalue weighted by atomic mass is 10.0. The van der Waals surface area contributed by atoms with Crippen molar-refractivity contribution in [3.05, 3.63) is 53.3 Å². The van der Waals surface area contributed by atoms with Gasteiger partial charge < -0.3 is 9.80 Å². The van der Waals surface area contributed by atoms with Gasteiger partial charge in [-0.15, -0.1) is 0 Å². The molecule has 0 atom stereocenters. The molecule has 7 heteroatoms. The molecule has 3 heterocycles. The van der Waals surface area contributed by atoms with Crippen molar-refractivity contribution < 1.29 is 4.79 Å². The summed E-state index contributed by atoms with van der Waals surface area (Å²) in [5.41, 5.74) is 6.13. The highest BCUT2D eigenvalue weighted by Gasteiger charge is 2.22. The molecule has 3 aromatic rings. The van der Waals surface area contributed by atoms with Crippen molar-refractivity contribution in [1.82, 2.24) is 19.8 Å². The summed E-state index contributed by atoms with van der Waals surface area (Å²) in [7, 11) is 2.08. The van der Waals surface area contributed by atoms with E-state index in [2.05, 4.69) is 59.5 Å². The van der Waals surface area contributed by atoms with Crippen LogP contribution in [0.4, 0.5) is 9.93 Å². The number of hydrogen-bond donors (Lipinski definition) is 1. The molecular weight excluding hydrogens is 394 g/mol. The van der Waals surface area contributed by atoms with Crippen LogP contribution in [0.3, 0.4) is 0 Å². The number of thiazole rings is 1. The first-order valence-electron chi connectivity index (χ1n) is 10.2. The van der Waals surface area contributed by atoms with E-state index >= 15 is 0 Å². The first kappa shape index (κ1) is 20.5. The average Bonchev–Trinajstić information content (AvgIpc) is 3.11. The minimum absolute atomic E-state index is 0.0821. The third kappa shape index (κ3) is 4.52. The number of benzene rings is 1. The van der Waals surface area contributed by atoms with E-state index < -0.39 is 0 Å². The fourth-order valence-electron chi connectivity index (χ4n) is 3.70. The largest absolute Gasteiger partial charge is 0.323 e. The maximum absolute atomic E-state index is 12.8. The van der Waals surface area contributed by atoms with Crippen LogP contribution in [0.5, 0.6) is 0 Å². The first-order chi connectivity index (χ1) is 14.4. The van der Waals surface area contributed by atoms with Crippen molar-refractivity contribution in [1.29, 1.82) is 0 Å². The number of nitrogens with one attached hydrogen (secondary N) is 1. The molecule has 1 aromatic carbocycles. The molecule has 1 fully saturated rings. The molecule has 2 amide bonds. The van der Waals surface area contributed by atoms with E-state index in [-0.39, 0.29) is 6.03 Å². The monoisotopic (exact) mass is 421 g/mol. The lowest BCUT2D eigenvalue weighted by molar-refractivity contribution is 0.164. The minimum atomic E-state index is -0.0821. The molecule has 0 bridgehead atoms. The van der Waals surface area contributed by atoms with E-state index in [0.29, 0.717) is 5.13 Å². The molecule has 0 radical (unpaired) electrons. The molecule has 1 saturated heterocycles. The second-order valence-electron chi connectivity index (χ2n) is 7.93. The number of rotatable bonds is 3. The topological polar surface area (TPSA) is 61.4 Å². The third-order valence-electron chi connectivity index (χ3n) is 5.27. The van der Waals surface area contributed by atoms with Crippen LogP contribution in [0.2, 0.25) is 0 Å². The summed E-state index contributed by atoms with van der Waals surface area (Å²) in [5.74, 6) is 0. The average molecular weight is 422 g/mol. The predicted octanol–water partition coefficient (Wildman–Crippen LogP) is 4.58. The molecule has 6 nitrogen and oxygen atoms in total. The maximum Gasteiger partial charge on any atom is 0.323 e. The summed E-state index contributed by atoms with van der Waals surface area (Å²) in [5, 5.41) is 3.65. The minimum Gasteiger partial charge on any atom is -0.322 e. The van der Waals surface area contributed by atoms with Gasteiger partial charge in [0.15, 0.2) is 5.13 Å². The van der Waals surface area contributed by atoms with Gasteiger partial charge >= 0.3 is 6.03 Å². The normalized spacial score (nSPS) is 14.7. The summed E-state index contributed by atoms with van der Waals surface area (Å²) >= 11 is 1.52. The number of aryl methyl sites for hydroxylation is 3. The van der Waals surface area contributed by atoms with Gasteiger partial charge in [0, 0.05) is 43.1 Å². The number of piperazine rings is 1. The quantitative estimate of drug-likeness (QED) is 0.673. The van der Waals surface area contributed by atoms with Gasteiger partial charge in [-0.25, -0.2) is 9.78 Å². The summed E-state index contributed by atoms with van der Waals surface area (Å²) in [6.45, 7) is 9.32. The van der Waals surface area contributed by atoms with Crippen LogP contribution < -0.4 is 5.32 Å². The molecule has 0 aliphatic carbocycles. The van der Waals surface area contributed by atoms with E-state index in [9.17, 15) is 4.79 Å². The molecule has 0 spiro atoms. The number of aromatic nitrogens is 2. The molecule has 4 rings (SSSR count). The number of likely N-dealkylation sites (N-methyl/N-ethyl adjacent to an activating group) is 1. The van der Waals surface area contributed by atoms with Crippen LogP contribution >= 0.6 is 11.3 Å². The lowest BCUT2D eigenvalue weighted by Gasteiger charge is -2.32. The highest BCUT2D eigenvalue weighted by Crippen LogP contribution is 2.39. The zero-order valence-corrected chi connectivity index (χ0v) is 18.7. The van der Waals surface area contributed by atoms with Crippen LogP contribution in [0.1, 0.15) is 17.0 Å². The predicted molar refractivity (Wildman–Crippen MR) is 123 cm³/mol. The fraction of sp³-hybridized carbons (Fsp3) is 0.348. The Morgan fingerprint density at radius 2 is 1.67 bits per heavy atom. The van der Waals surface area contributed by atoms with Gasteiger partial charge in [0.05, 0.1) is 10.6 Å². The van der Waals surface area contributed by atoms with Crippen molar-refractivity contribution in [2.45, 2.75) is 20.8 Å². The van der Waals surface area contributed by atoms with Crippen LogP contribution in [0.15, 0.2) is 36.4 Å². The number of amides is 2. The van der Waals surface area contributed by atoms with Crippen LogP contribution in [0, 0.1) is 20.8 Å². The fourth-order valence-corrected chi connectivity index (χ4v) is 4.67. The van der Waals surface area contributed by atoms with Crippen LogP contribution in [-0.4, -0.2) is 59.0 Å². The number of carbonyl (C=O) groups excluding carboxylic acids is 1. The number of urea groups is 1. The smallest absolute Gasteiger partial charge is 0.322 e. The Balaban J connectivity index is 1.69. The Labute approximate surface area is 181 Å². The van der Waals surface area contributed by atoms with Crippen LogP contribution in [0.25, 0.3) is 21.7 Å². The molecular formula is C23H27N5OS. The van der Waals surface area contributed by atoms with Gasteiger partial charge in [0.25, 0.3) is 0 Å². The Morgan fingerprint density at radius 3 is 2.33 bits per heavy atom. The highest BCUT2D eigenvalue weighted by molar-refractivity contribution is 7.19. The second kappa shape index (κ2) is 8.53. The van der Waals surface area contributed by atoms with Gasteiger partial charge in [-0.3, -0.25) is 10.3 Å². The molecule has 1 aliphatic heterocycles. The van der Waals surface area contributed by atoms with Crippen LogP contribution in [-0.2, 0) is 0 Å². The Hall–Kier alpha value is -2.77. The number of pyridine rings is 1. The third-order valence-corrected chi connectivity index (χ3v) is 6.29. The summed E-state index contributed by atoms with van der Waals surface area (Å²) in [6, 6.07) is 12.4. The molecule has 1 aliphatic rings. The van der Waals surface area contributed by atoms with Gasteiger partial charge in [0.2, 0.25) is 0 Å². The first-order valence-corrected chi connectivity index (χ1v) is 11.0. The molecule has 30 heavy (non-hydrogen) atoms.